The molecule has 0 aromatic rings. The van der Waals surface area contributed by atoms with Crippen molar-refractivity contribution >= 4 is 47.0 Å². The minimum Gasteiger partial charge on any atom is -0.493 e. The minimum atomic E-state index is -0.000194. The Morgan fingerprint density at radius 3 is 2.80 bits per heavy atom. The van der Waals surface area contributed by atoms with Crippen molar-refractivity contribution in [3.63, 3.8) is 0 Å². The van der Waals surface area contributed by atoms with Crippen LogP contribution in [0.5, 0.6) is 0 Å². The molecule has 0 aliphatic carbocycles. The molecule has 1 spiro atoms. The molecule has 3 aliphatic heterocycles. The van der Waals surface area contributed by atoms with E-state index in [0.717, 1.165) is 18.6 Å². The Labute approximate surface area is 138 Å². The number of ether oxygens (including phenoxy) is 1. The quantitative estimate of drug-likeness (QED) is 0.838. The lowest BCUT2D eigenvalue weighted by atomic mass is 9.98. The maximum Gasteiger partial charge on any atom is 0.123 e. The minimum absolute atomic E-state index is 0.000194. The highest BCUT2D eigenvalue weighted by molar-refractivity contribution is 8.17. The Hall–Kier alpha value is 0.900. The molecular weight excluding hydrogens is 328 g/mol. The third-order valence-corrected chi connectivity index (χ3v) is 9.75. The molecule has 6 heteroatoms. The predicted molar refractivity (Wildman–Crippen MR) is 95.1 cm³/mol. The second-order valence-corrected chi connectivity index (χ2v) is 11.0. The average Bonchev–Trinajstić information content (AvgIpc) is 2.48. The molecule has 3 heterocycles. The van der Waals surface area contributed by atoms with Gasteiger partial charge < -0.3 is 9.84 Å². The number of allylic oxidation sites excluding steroid dienone is 1. The zero-order valence-corrected chi connectivity index (χ0v) is 14.9. The summed E-state index contributed by atoms with van der Waals surface area (Å²) in [6.45, 7) is 0.148. The molecule has 0 radical (unpaired) electrons. The molecule has 2 atom stereocenters. The summed E-state index contributed by atoms with van der Waals surface area (Å²) in [5.74, 6) is 7.35. The van der Waals surface area contributed by atoms with Gasteiger partial charge in [-0.3, -0.25) is 0 Å². The van der Waals surface area contributed by atoms with Crippen molar-refractivity contribution in [1.82, 2.24) is 0 Å². The largest absolute Gasteiger partial charge is 0.493 e. The van der Waals surface area contributed by atoms with Gasteiger partial charge in [-0.25, -0.2) is 0 Å². The fourth-order valence-electron chi connectivity index (χ4n) is 2.85. The summed E-state index contributed by atoms with van der Waals surface area (Å²) >= 11 is 8.25. The van der Waals surface area contributed by atoms with Gasteiger partial charge in [0.1, 0.15) is 6.10 Å². The maximum atomic E-state index is 9.55. The molecule has 2 saturated heterocycles. The topological polar surface area (TPSA) is 29.5 Å². The number of thioether (sulfide) groups is 4. The van der Waals surface area contributed by atoms with E-state index in [-0.39, 0.29) is 17.5 Å². The van der Waals surface area contributed by atoms with E-state index in [1.807, 2.05) is 11.8 Å². The molecular formula is C14H22O2S4. The monoisotopic (exact) mass is 350 g/mol. The van der Waals surface area contributed by atoms with E-state index in [0.29, 0.717) is 4.58 Å². The Kier molecular flexibility index (Phi) is 5.88. The van der Waals surface area contributed by atoms with Crippen LogP contribution in [0.4, 0.5) is 0 Å². The van der Waals surface area contributed by atoms with Crippen molar-refractivity contribution in [3.05, 3.63) is 11.8 Å². The van der Waals surface area contributed by atoms with Gasteiger partial charge in [0.25, 0.3) is 0 Å². The molecule has 1 unspecified atom stereocenters. The predicted octanol–water partition coefficient (Wildman–Crippen LogP) is 3.46. The third-order valence-electron chi connectivity index (χ3n) is 3.75. The van der Waals surface area contributed by atoms with Crippen molar-refractivity contribution < 1.29 is 9.84 Å². The molecule has 3 aliphatic rings. The zero-order chi connectivity index (χ0) is 13.8. The van der Waals surface area contributed by atoms with E-state index in [2.05, 4.69) is 41.4 Å². The lowest BCUT2D eigenvalue weighted by Crippen LogP contribution is -2.40. The molecule has 0 aromatic carbocycles. The summed E-state index contributed by atoms with van der Waals surface area (Å²) < 4.78 is 6.89. The fraction of sp³-hybridized carbons (Fsp3) is 0.857. The van der Waals surface area contributed by atoms with Gasteiger partial charge in [-0.2, -0.15) is 11.8 Å². The molecule has 1 N–H and O–H groups in total. The Morgan fingerprint density at radius 2 is 2.10 bits per heavy atom. The highest BCUT2D eigenvalue weighted by Crippen LogP contribution is 2.45. The second kappa shape index (κ2) is 7.44. The molecule has 3 rings (SSSR count). The van der Waals surface area contributed by atoms with Crippen LogP contribution >= 0.6 is 47.0 Å². The van der Waals surface area contributed by atoms with E-state index in [4.69, 9.17) is 4.74 Å². The lowest BCUT2D eigenvalue weighted by Gasteiger charge is -2.41. The van der Waals surface area contributed by atoms with Gasteiger partial charge in [0.15, 0.2) is 0 Å². The molecule has 2 nitrogen and oxygen atoms in total. The van der Waals surface area contributed by atoms with Crippen LogP contribution in [-0.4, -0.2) is 55.9 Å². The molecule has 0 amide bonds. The van der Waals surface area contributed by atoms with Crippen LogP contribution in [0.25, 0.3) is 0 Å². The van der Waals surface area contributed by atoms with Gasteiger partial charge in [-0.1, -0.05) is 0 Å². The van der Waals surface area contributed by atoms with Crippen molar-refractivity contribution in [2.45, 2.75) is 34.7 Å². The van der Waals surface area contributed by atoms with Crippen LogP contribution in [0.2, 0.25) is 0 Å². The molecule has 0 saturated carbocycles. The highest BCUT2D eigenvalue weighted by Gasteiger charge is 2.39. The lowest BCUT2D eigenvalue weighted by molar-refractivity contribution is 0.0345. The first-order valence-corrected chi connectivity index (χ1v) is 11.5. The summed E-state index contributed by atoms with van der Waals surface area (Å²) in [5, 5.41) is 9.55. The third kappa shape index (κ3) is 4.00. The van der Waals surface area contributed by atoms with Crippen LogP contribution in [0.3, 0.4) is 0 Å². The first-order valence-electron chi connectivity index (χ1n) is 7.24. The molecule has 114 valence electrons. The van der Waals surface area contributed by atoms with Crippen LogP contribution in [0.1, 0.15) is 19.3 Å². The van der Waals surface area contributed by atoms with E-state index in [9.17, 15) is 5.11 Å². The average molecular weight is 351 g/mol. The van der Waals surface area contributed by atoms with Crippen LogP contribution in [0, 0.1) is 0 Å². The van der Waals surface area contributed by atoms with Crippen LogP contribution in [-0.2, 0) is 4.74 Å². The second-order valence-electron chi connectivity index (χ2n) is 5.43. The number of hydrogen-bond donors (Lipinski definition) is 1. The summed E-state index contributed by atoms with van der Waals surface area (Å²) in [4.78, 5) is 0. The van der Waals surface area contributed by atoms with Gasteiger partial charge in [-0.15, -0.1) is 35.3 Å². The highest BCUT2D eigenvalue weighted by atomic mass is 32.2. The maximum absolute atomic E-state index is 9.55. The Balaban J connectivity index is 1.69. The number of hydrogen-bond acceptors (Lipinski definition) is 6. The van der Waals surface area contributed by atoms with E-state index in [1.54, 1.807) is 0 Å². The molecule has 0 aromatic heterocycles. The van der Waals surface area contributed by atoms with Crippen molar-refractivity contribution in [3.8, 4) is 0 Å². The Morgan fingerprint density at radius 1 is 1.25 bits per heavy atom. The number of aliphatic hydroxyl groups is 1. The summed E-state index contributed by atoms with van der Waals surface area (Å²) in [7, 11) is 0. The number of aliphatic hydroxyl groups excluding tert-OH is 1. The van der Waals surface area contributed by atoms with E-state index in [1.165, 1.54) is 35.2 Å². The Bertz CT molecular complexity index is 349. The molecule has 20 heavy (non-hydrogen) atoms. The summed E-state index contributed by atoms with van der Waals surface area (Å²) in [6.07, 6.45) is 5.72. The fourth-order valence-corrected chi connectivity index (χ4v) is 8.71. The first kappa shape index (κ1) is 15.8. The van der Waals surface area contributed by atoms with Gasteiger partial charge in [0, 0.05) is 30.1 Å². The van der Waals surface area contributed by atoms with Gasteiger partial charge >= 0.3 is 0 Å². The van der Waals surface area contributed by atoms with Crippen LogP contribution in [0.15, 0.2) is 11.8 Å². The van der Waals surface area contributed by atoms with Crippen molar-refractivity contribution in [2.24, 2.45) is 0 Å². The first-order chi connectivity index (χ1) is 9.80. The SMILES string of the molecule is OC[C@H]1CC2(C=C(CC3SCCCS3)O1)CSCCS2. The van der Waals surface area contributed by atoms with Crippen molar-refractivity contribution in [2.75, 3.05) is 35.4 Å². The number of rotatable bonds is 3. The zero-order valence-electron chi connectivity index (χ0n) is 11.6. The molecule has 0 bridgehead atoms. The van der Waals surface area contributed by atoms with E-state index < -0.39 is 0 Å². The van der Waals surface area contributed by atoms with Crippen LogP contribution < -0.4 is 0 Å². The van der Waals surface area contributed by atoms with Gasteiger partial charge in [0.05, 0.1) is 21.7 Å². The summed E-state index contributed by atoms with van der Waals surface area (Å²) in [5.41, 5.74) is 0. The molecule has 2 fully saturated rings. The standard InChI is InChI=1S/C14H22O2S4/c15-9-12-8-14(10-17-4-5-20-14)7-11(16-12)6-13-18-2-1-3-19-13/h7,12-13,15H,1-6,8-10H2/t12-,14?/m1/s1. The van der Waals surface area contributed by atoms with Gasteiger partial charge in [-0.05, 0) is 24.0 Å². The van der Waals surface area contributed by atoms with E-state index >= 15 is 0 Å². The van der Waals surface area contributed by atoms with Crippen molar-refractivity contribution in [1.29, 1.82) is 0 Å². The normalized spacial score (nSPS) is 35.6. The van der Waals surface area contributed by atoms with Gasteiger partial charge in [0.2, 0.25) is 0 Å². The smallest absolute Gasteiger partial charge is 0.123 e. The summed E-state index contributed by atoms with van der Waals surface area (Å²) in [6, 6.07) is 0.